The Kier molecular flexibility index (Phi) is 3.94. The minimum Gasteiger partial charge on any atom is -0.336 e. The van der Waals surface area contributed by atoms with Crippen LogP contribution in [0.3, 0.4) is 0 Å². The molecule has 0 saturated carbocycles. The molecule has 2 heterocycles. The monoisotopic (exact) mass is 264 g/mol. The Labute approximate surface area is 110 Å². The number of imidazole rings is 1. The van der Waals surface area contributed by atoms with Crippen LogP contribution in [-0.4, -0.2) is 38.8 Å². The van der Waals surface area contributed by atoms with Crippen LogP contribution in [0, 0.1) is 5.92 Å². The molecule has 1 atom stereocenters. The quantitative estimate of drug-likeness (QED) is 0.779. The number of aromatic nitrogens is 2. The lowest BCUT2D eigenvalue weighted by Crippen LogP contribution is -2.58. The lowest BCUT2D eigenvalue weighted by molar-refractivity contribution is -0.142. The highest BCUT2D eigenvalue weighted by molar-refractivity contribution is 6.16. The third-order valence-electron chi connectivity index (χ3n) is 3.07. The van der Waals surface area contributed by atoms with Crippen molar-refractivity contribution >= 4 is 17.8 Å². The van der Waals surface area contributed by atoms with Gasteiger partial charge in [-0.2, -0.15) is 0 Å². The first-order valence-corrected chi connectivity index (χ1v) is 6.25. The highest BCUT2D eigenvalue weighted by Crippen LogP contribution is 2.15. The van der Waals surface area contributed by atoms with Gasteiger partial charge in [0.05, 0.1) is 6.33 Å². The van der Waals surface area contributed by atoms with Crippen molar-refractivity contribution in [3.05, 3.63) is 18.7 Å². The number of carbonyl (C=O) groups is 3. The molecular formula is C12H16N4O3. The summed E-state index contributed by atoms with van der Waals surface area (Å²) in [7, 11) is 0. The summed E-state index contributed by atoms with van der Waals surface area (Å²) in [5, 5.41) is 2.23. The molecule has 0 aliphatic carbocycles. The Morgan fingerprint density at radius 1 is 1.32 bits per heavy atom. The fourth-order valence-corrected chi connectivity index (χ4v) is 2.05. The Bertz CT molecular complexity index is 483. The predicted molar refractivity (Wildman–Crippen MR) is 65.9 cm³/mol. The Hall–Kier alpha value is -2.18. The Morgan fingerprint density at radius 2 is 2.11 bits per heavy atom. The van der Waals surface area contributed by atoms with Crippen LogP contribution in [0.1, 0.15) is 19.8 Å². The van der Waals surface area contributed by atoms with Crippen LogP contribution in [0.5, 0.6) is 0 Å². The van der Waals surface area contributed by atoms with E-state index in [2.05, 4.69) is 10.3 Å². The lowest BCUT2D eigenvalue weighted by atomic mass is 9.99. The maximum Gasteiger partial charge on any atom is 0.330 e. The second kappa shape index (κ2) is 5.64. The minimum atomic E-state index is -0.745. The van der Waals surface area contributed by atoms with Gasteiger partial charge in [-0.1, -0.05) is 13.3 Å². The van der Waals surface area contributed by atoms with E-state index in [-0.39, 0.29) is 6.54 Å². The third-order valence-corrected chi connectivity index (χ3v) is 3.07. The standard InChI is InChI=1S/C12H16N4O3/c1-2-3-9-10(17)14-12(19)16(11(9)18)7-6-15-5-4-13-8-15/h4-5,8-9H,2-3,6-7H2,1H3,(H,14,17,19). The number of hydrogen-bond donors (Lipinski definition) is 1. The second-order valence-electron chi connectivity index (χ2n) is 4.43. The fourth-order valence-electron chi connectivity index (χ4n) is 2.05. The van der Waals surface area contributed by atoms with E-state index in [1.807, 2.05) is 6.92 Å². The molecular weight excluding hydrogens is 248 g/mol. The van der Waals surface area contributed by atoms with Gasteiger partial charge in [0.1, 0.15) is 5.92 Å². The van der Waals surface area contributed by atoms with Crippen LogP contribution in [-0.2, 0) is 16.1 Å². The topological polar surface area (TPSA) is 84.3 Å². The first kappa shape index (κ1) is 13.3. The van der Waals surface area contributed by atoms with Gasteiger partial charge < -0.3 is 4.57 Å². The van der Waals surface area contributed by atoms with Gasteiger partial charge in [0, 0.05) is 25.5 Å². The van der Waals surface area contributed by atoms with Gasteiger partial charge in [0.25, 0.3) is 0 Å². The minimum absolute atomic E-state index is 0.231. The molecule has 102 valence electrons. The van der Waals surface area contributed by atoms with Crippen molar-refractivity contribution in [3.63, 3.8) is 0 Å². The number of imide groups is 2. The largest absolute Gasteiger partial charge is 0.336 e. The summed E-state index contributed by atoms with van der Waals surface area (Å²) in [5.74, 6) is -1.64. The Morgan fingerprint density at radius 3 is 2.74 bits per heavy atom. The highest BCUT2D eigenvalue weighted by Gasteiger charge is 2.39. The SMILES string of the molecule is CCCC1C(=O)NC(=O)N(CCn2ccnc2)C1=O. The molecule has 0 spiro atoms. The zero-order valence-electron chi connectivity index (χ0n) is 10.7. The van der Waals surface area contributed by atoms with Gasteiger partial charge >= 0.3 is 6.03 Å². The molecule has 19 heavy (non-hydrogen) atoms. The number of hydrogen-bond acceptors (Lipinski definition) is 4. The second-order valence-corrected chi connectivity index (χ2v) is 4.43. The molecule has 1 saturated heterocycles. The maximum absolute atomic E-state index is 12.1. The van der Waals surface area contributed by atoms with Crippen LogP contribution in [0.2, 0.25) is 0 Å². The summed E-state index contributed by atoms with van der Waals surface area (Å²) in [6.45, 7) is 2.59. The number of barbiturate groups is 1. The van der Waals surface area contributed by atoms with E-state index < -0.39 is 23.8 Å². The molecule has 0 bridgehead atoms. The van der Waals surface area contributed by atoms with Gasteiger partial charge in [0.15, 0.2) is 0 Å². The van der Waals surface area contributed by atoms with Crippen LogP contribution in [0.15, 0.2) is 18.7 Å². The van der Waals surface area contributed by atoms with Crippen LogP contribution < -0.4 is 5.32 Å². The average molecular weight is 264 g/mol. The van der Waals surface area contributed by atoms with Gasteiger partial charge in [0.2, 0.25) is 11.8 Å². The molecule has 1 aromatic heterocycles. The molecule has 4 amide bonds. The molecule has 1 N–H and O–H groups in total. The zero-order chi connectivity index (χ0) is 13.8. The first-order chi connectivity index (χ1) is 9.13. The maximum atomic E-state index is 12.1. The van der Waals surface area contributed by atoms with Crippen molar-refractivity contribution in [2.45, 2.75) is 26.3 Å². The zero-order valence-corrected chi connectivity index (χ0v) is 10.7. The van der Waals surface area contributed by atoms with Crippen molar-refractivity contribution in [2.75, 3.05) is 6.54 Å². The van der Waals surface area contributed by atoms with Gasteiger partial charge in [-0.3, -0.25) is 19.8 Å². The van der Waals surface area contributed by atoms with Gasteiger partial charge in [-0.25, -0.2) is 9.78 Å². The fraction of sp³-hybridized carbons (Fsp3) is 0.500. The Balaban J connectivity index is 2.03. The van der Waals surface area contributed by atoms with E-state index in [4.69, 9.17) is 0 Å². The summed E-state index contributed by atoms with van der Waals surface area (Å²) >= 11 is 0. The molecule has 7 nitrogen and oxygen atoms in total. The number of urea groups is 1. The lowest BCUT2D eigenvalue weighted by Gasteiger charge is -2.30. The van der Waals surface area contributed by atoms with E-state index in [1.165, 1.54) is 0 Å². The van der Waals surface area contributed by atoms with Crippen LogP contribution in [0.4, 0.5) is 4.79 Å². The van der Waals surface area contributed by atoms with E-state index in [1.54, 1.807) is 23.3 Å². The number of amides is 4. The van der Waals surface area contributed by atoms with E-state index in [0.717, 1.165) is 4.90 Å². The van der Waals surface area contributed by atoms with E-state index >= 15 is 0 Å². The normalized spacial score (nSPS) is 19.7. The van der Waals surface area contributed by atoms with Crippen molar-refractivity contribution in [1.82, 2.24) is 19.8 Å². The number of nitrogens with zero attached hydrogens (tertiary/aromatic N) is 3. The molecule has 0 aromatic carbocycles. The molecule has 7 heteroatoms. The number of carbonyl (C=O) groups excluding carboxylic acids is 3. The van der Waals surface area contributed by atoms with Crippen molar-refractivity contribution < 1.29 is 14.4 Å². The summed E-state index contributed by atoms with van der Waals surface area (Å²) in [6.07, 6.45) is 6.16. The van der Waals surface area contributed by atoms with Crippen molar-refractivity contribution in [1.29, 1.82) is 0 Å². The van der Waals surface area contributed by atoms with Crippen LogP contribution in [0.25, 0.3) is 0 Å². The van der Waals surface area contributed by atoms with Crippen molar-refractivity contribution in [2.24, 2.45) is 5.92 Å². The summed E-state index contributed by atoms with van der Waals surface area (Å²) in [5.41, 5.74) is 0. The summed E-state index contributed by atoms with van der Waals surface area (Å²) in [4.78, 5) is 40.4. The summed E-state index contributed by atoms with van der Waals surface area (Å²) in [6, 6.07) is -0.637. The smallest absolute Gasteiger partial charge is 0.330 e. The first-order valence-electron chi connectivity index (χ1n) is 6.25. The molecule has 1 unspecified atom stereocenters. The molecule has 1 fully saturated rings. The molecule has 2 rings (SSSR count). The highest BCUT2D eigenvalue weighted by atomic mass is 16.2. The van der Waals surface area contributed by atoms with E-state index in [0.29, 0.717) is 19.4 Å². The molecule has 1 aliphatic rings. The third kappa shape index (κ3) is 2.81. The molecule has 0 radical (unpaired) electrons. The number of rotatable bonds is 5. The van der Waals surface area contributed by atoms with Gasteiger partial charge in [-0.15, -0.1) is 0 Å². The summed E-state index contributed by atoms with van der Waals surface area (Å²) < 4.78 is 1.77. The molecule has 1 aliphatic heterocycles. The molecule has 1 aromatic rings. The van der Waals surface area contributed by atoms with Gasteiger partial charge in [-0.05, 0) is 6.42 Å². The average Bonchev–Trinajstić information content (AvgIpc) is 2.87. The predicted octanol–water partition coefficient (Wildman–Crippen LogP) is 0.378. The van der Waals surface area contributed by atoms with Crippen LogP contribution >= 0.6 is 0 Å². The number of nitrogens with one attached hydrogen (secondary N) is 1. The van der Waals surface area contributed by atoms with E-state index in [9.17, 15) is 14.4 Å². The van der Waals surface area contributed by atoms with Crippen molar-refractivity contribution in [3.8, 4) is 0 Å².